The largest absolute Gasteiger partial charge is 0.394 e. The molecule has 0 aromatic rings. The van der Waals surface area contributed by atoms with E-state index in [1.165, 1.54) is 205 Å². The summed E-state index contributed by atoms with van der Waals surface area (Å²) in [6.07, 6.45) is 57.4. The lowest BCUT2D eigenvalue weighted by molar-refractivity contribution is -0.125. The fourth-order valence-corrected chi connectivity index (χ4v) is 7.91. The molecule has 0 aromatic heterocycles. The topological polar surface area (TPSA) is 89.8 Å². The Morgan fingerprint density at radius 1 is 0.446 bits per heavy atom. The van der Waals surface area contributed by atoms with Gasteiger partial charge >= 0.3 is 0 Å². The van der Waals surface area contributed by atoms with Gasteiger partial charge in [-0.3, -0.25) is 4.79 Å². The summed E-state index contributed by atoms with van der Waals surface area (Å²) in [5, 5.41) is 33.5. The number of hydrogen-bond donors (Lipinski definition) is 4. The van der Waals surface area contributed by atoms with Crippen LogP contribution >= 0.6 is 0 Å². The number of carbonyl (C=O) groups excluding carboxylic acids is 1. The van der Waals surface area contributed by atoms with Crippen LogP contribution in [0.25, 0.3) is 0 Å². The van der Waals surface area contributed by atoms with Crippen molar-refractivity contribution in [2.24, 2.45) is 0 Å². The third kappa shape index (κ3) is 42.4. The van der Waals surface area contributed by atoms with Gasteiger partial charge in [0.05, 0.1) is 31.3 Å². The van der Waals surface area contributed by atoms with E-state index in [9.17, 15) is 20.1 Å². The van der Waals surface area contributed by atoms with Gasteiger partial charge in [-0.2, -0.15) is 0 Å². The number of allylic oxidation sites excluding steroid dienone is 4. The molecule has 5 nitrogen and oxygen atoms in total. The van der Waals surface area contributed by atoms with Gasteiger partial charge in [0.15, 0.2) is 0 Å². The second kappa shape index (κ2) is 46.5. The van der Waals surface area contributed by atoms with E-state index >= 15 is 0 Å². The van der Waals surface area contributed by atoms with E-state index in [0.717, 1.165) is 32.1 Å². The Hall–Kier alpha value is -1.17. The molecule has 56 heavy (non-hydrogen) atoms. The quantitative estimate of drug-likeness (QED) is 0.0365. The average molecular weight is 790 g/mol. The molecule has 3 unspecified atom stereocenters. The lowest BCUT2D eigenvalue weighted by atomic mass is 10.0. The number of carbonyl (C=O) groups is 1. The van der Waals surface area contributed by atoms with Gasteiger partial charge < -0.3 is 20.6 Å². The number of rotatable bonds is 46. The van der Waals surface area contributed by atoms with Crippen LogP contribution in [0.4, 0.5) is 0 Å². The lowest BCUT2D eigenvalue weighted by Gasteiger charge is -2.23. The maximum atomic E-state index is 12.5. The molecule has 0 spiro atoms. The summed E-state index contributed by atoms with van der Waals surface area (Å²) < 4.78 is 0. The van der Waals surface area contributed by atoms with Crippen LogP contribution in [0.2, 0.25) is 0 Å². The van der Waals surface area contributed by atoms with E-state index < -0.39 is 18.2 Å². The molecule has 332 valence electrons. The van der Waals surface area contributed by atoms with Crippen molar-refractivity contribution in [1.29, 1.82) is 0 Å². The van der Waals surface area contributed by atoms with Crippen LogP contribution in [-0.4, -0.2) is 46.1 Å². The monoisotopic (exact) mass is 790 g/mol. The van der Waals surface area contributed by atoms with Gasteiger partial charge in [0.1, 0.15) is 0 Å². The summed E-state index contributed by atoms with van der Waals surface area (Å²) in [5.74, 6) is -0.282. The SMILES string of the molecule is CCCCCCCCCCC/C=C\C/C=C\CCCCCCCCCCCCCC(O)CC(=O)NC(CO)C(O)CCCCCCCCCCCCCCCC. The second-order valence-electron chi connectivity index (χ2n) is 17.4. The maximum absolute atomic E-state index is 12.5. The molecule has 0 aliphatic heterocycles. The summed E-state index contributed by atoms with van der Waals surface area (Å²) in [7, 11) is 0. The fraction of sp³-hybridized carbons (Fsp3) is 0.902. The molecule has 4 N–H and O–H groups in total. The third-order valence-corrected chi connectivity index (χ3v) is 11.8. The first-order valence-electron chi connectivity index (χ1n) is 25.1. The van der Waals surface area contributed by atoms with Gasteiger partial charge in [-0.05, 0) is 44.9 Å². The van der Waals surface area contributed by atoms with Crippen molar-refractivity contribution in [3.63, 3.8) is 0 Å². The van der Waals surface area contributed by atoms with Crippen molar-refractivity contribution in [2.45, 2.75) is 289 Å². The minimum absolute atomic E-state index is 0.0369. The molecule has 0 aromatic carbocycles. The van der Waals surface area contributed by atoms with Crippen LogP contribution in [0.3, 0.4) is 0 Å². The van der Waals surface area contributed by atoms with E-state index in [4.69, 9.17) is 0 Å². The van der Waals surface area contributed by atoms with Crippen LogP contribution in [0.1, 0.15) is 271 Å². The first kappa shape index (κ1) is 54.8. The maximum Gasteiger partial charge on any atom is 0.222 e. The molecule has 5 heteroatoms. The first-order valence-corrected chi connectivity index (χ1v) is 25.1. The highest BCUT2D eigenvalue weighted by Crippen LogP contribution is 2.17. The summed E-state index contributed by atoms with van der Waals surface area (Å²) in [4.78, 5) is 12.5. The van der Waals surface area contributed by atoms with Crippen LogP contribution in [0.15, 0.2) is 24.3 Å². The van der Waals surface area contributed by atoms with Gasteiger partial charge in [0, 0.05) is 0 Å². The van der Waals surface area contributed by atoms with Crippen LogP contribution in [0.5, 0.6) is 0 Å². The Morgan fingerprint density at radius 2 is 0.768 bits per heavy atom. The molecule has 1 amide bonds. The van der Waals surface area contributed by atoms with E-state index in [2.05, 4.69) is 43.5 Å². The molecule has 3 atom stereocenters. The first-order chi connectivity index (χ1) is 27.5. The molecule has 0 saturated heterocycles. The number of nitrogens with one attached hydrogen (secondary N) is 1. The zero-order valence-corrected chi connectivity index (χ0v) is 37.8. The Morgan fingerprint density at radius 3 is 1.12 bits per heavy atom. The Balaban J connectivity index is 3.55. The molecule has 0 aliphatic rings. The smallest absolute Gasteiger partial charge is 0.222 e. The van der Waals surface area contributed by atoms with Crippen LogP contribution < -0.4 is 5.32 Å². The average Bonchev–Trinajstić information content (AvgIpc) is 3.19. The number of unbranched alkanes of at least 4 members (excludes halogenated alkanes) is 33. The van der Waals surface area contributed by atoms with Gasteiger partial charge in [0.25, 0.3) is 0 Å². The lowest BCUT2D eigenvalue weighted by Crippen LogP contribution is -2.46. The van der Waals surface area contributed by atoms with Crippen LogP contribution in [0, 0.1) is 0 Å². The highest BCUT2D eigenvalue weighted by molar-refractivity contribution is 5.76. The van der Waals surface area contributed by atoms with Crippen molar-refractivity contribution in [3.8, 4) is 0 Å². The molecular weight excluding hydrogens is 691 g/mol. The van der Waals surface area contributed by atoms with Crippen molar-refractivity contribution in [3.05, 3.63) is 24.3 Å². The van der Waals surface area contributed by atoms with Crippen LogP contribution in [-0.2, 0) is 4.79 Å². The van der Waals surface area contributed by atoms with Gasteiger partial charge in [-0.1, -0.05) is 244 Å². The fourth-order valence-electron chi connectivity index (χ4n) is 7.91. The summed E-state index contributed by atoms with van der Waals surface area (Å²) >= 11 is 0. The predicted octanol–water partition coefficient (Wildman–Crippen LogP) is 14.9. The molecule has 0 saturated carbocycles. The van der Waals surface area contributed by atoms with Gasteiger partial charge in [-0.15, -0.1) is 0 Å². The van der Waals surface area contributed by atoms with E-state index in [-0.39, 0.29) is 18.9 Å². The number of aliphatic hydroxyl groups excluding tert-OH is 3. The van der Waals surface area contributed by atoms with Gasteiger partial charge in [-0.25, -0.2) is 0 Å². The summed E-state index contributed by atoms with van der Waals surface area (Å²) in [5.41, 5.74) is 0. The number of amides is 1. The molecular formula is C51H99NO4. The molecule has 0 bridgehead atoms. The second-order valence-corrected chi connectivity index (χ2v) is 17.4. The molecule has 0 fully saturated rings. The summed E-state index contributed by atoms with van der Waals surface area (Å²) in [6, 6.07) is -0.657. The molecule has 0 rings (SSSR count). The minimum Gasteiger partial charge on any atom is -0.394 e. The van der Waals surface area contributed by atoms with Crippen molar-refractivity contribution in [1.82, 2.24) is 5.32 Å². The number of aliphatic hydroxyl groups is 3. The van der Waals surface area contributed by atoms with E-state index in [1.807, 2.05) is 0 Å². The van der Waals surface area contributed by atoms with Crippen molar-refractivity contribution < 1.29 is 20.1 Å². The summed E-state index contributed by atoms with van der Waals surface area (Å²) in [6.45, 7) is 4.28. The Kier molecular flexibility index (Phi) is 45.5. The van der Waals surface area contributed by atoms with Crippen molar-refractivity contribution in [2.75, 3.05) is 6.61 Å². The number of hydrogen-bond acceptors (Lipinski definition) is 4. The zero-order valence-electron chi connectivity index (χ0n) is 37.8. The Labute approximate surface area is 350 Å². The molecule has 0 radical (unpaired) electrons. The zero-order chi connectivity index (χ0) is 40.8. The van der Waals surface area contributed by atoms with E-state index in [0.29, 0.717) is 12.8 Å². The normalized spacial score (nSPS) is 13.6. The highest BCUT2D eigenvalue weighted by Gasteiger charge is 2.21. The third-order valence-electron chi connectivity index (χ3n) is 11.8. The Bertz CT molecular complexity index is 829. The highest BCUT2D eigenvalue weighted by atomic mass is 16.3. The standard InChI is InChI=1S/C51H99NO4/c1-3-5-7-9-11-13-15-17-19-20-21-22-23-24-25-26-27-28-29-30-31-32-34-36-38-40-42-44-48(54)46-51(56)52-49(47-53)50(55)45-43-41-39-37-35-33-18-16-14-12-10-8-6-4-2/h21-22,24-25,48-50,53-55H,3-20,23,26-47H2,1-2H3,(H,52,56)/b22-21-,25-24-. The predicted molar refractivity (Wildman–Crippen MR) is 245 cm³/mol. The minimum atomic E-state index is -0.748. The van der Waals surface area contributed by atoms with E-state index in [1.54, 1.807) is 0 Å². The van der Waals surface area contributed by atoms with Crippen molar-refractivity contribution >= 4 is 5.91 Å². The van der Waals surface area contributed by atoms with Gasteiger partial charge in [0.2, 0.25) is 5.91 Å². The molecule has 0 aliphatic carbocycles. The molecule has 0 heterocycles.